The van der Waals surface area contributed by atoms with Crippen LogP contribution in [-0.4, -0.2) is 125 Å². The number of carboxylic acids is 1. The van der Waals surface area contributed by atoms with E-state index in [1.807, 2.05) is 42.7 Å². The SMILES string of the molecule is COC[C@H](NC(=O)[C@H](C)NCc1c(F)cc(Cl)cc1Oc1ccc(-c2cnc(CN(C)C)n2C)cc1)C(=O)N(C)[C@@]1(Cc2ccc(Cl)cc2)CCCN(C(=O)C(CC(=O)O)CC(F)(F)F)C1. The number of benzene rings is 3. The average Bonchev–Trinajstić information content (AvgIpc) is 3.60. The number of piperidine rings is 1. The van der Waals surface area contributed by atoms with E-state index in [4.69, 9.17) is 32.7 Å². The van der Waals surface area contributed by atoms with Crippen molar-refractivity contribution in [2.75, 3.05) is 47.9 Å². The Labute approximate surface area is 391 Å². The third-order valence-corrected chi connectivity index (χ3v) is 12.0. The minimum Gasteiger partial charge on any atom is -0.481 e. The summed E-state index contributed by atoms with van der Waals surface area (Å²) < 4.78 is 69.7. The zero-order valence-corrected chi connectivity index (χ0v) is 39.1. The van der Waals surface area contributed by atoms with E-state index in [0.29, 0.717) is 29.3 Å². The maximum absolute atomic E-state index is 15.5. The van der Waals surface area contributed by atoms with Gasteiger partial charge in [-0.3, -0.25) is 19.2 Å². The number of imidazole rings is 1. The van der Waals surface area contributed by atoms with E-state index in [1.54, 1.807) is 42.6 Å². The van der Waals surface area contributed by atoms with Gasteiger partial charge in [0, 0.05) is 62.0 Å². The van der Waals surface area contributed by atoms with Crippen molar-refractivity contribution in [3.63, 3.8) is 0 Å². The maximum atomic E-state index is 15.5. The second-order valence-corrected chi connectivity index (χ2v) is 17.7. The Hall–Kier alpha value is -5.27. The first-order valence-electron chi connectivity index (χ1n) is 21.1. The van der Waals surface area contributed by atoms with Crippen molar-refractivity contribution in [1.82, 2.24) is 34.9 Å². The van der Waals surface area contributed by atoms with Gasteiger partial charge in [0.15, 0.2) is 0 Å². The third-order valence-electron chi connectivity index (χ3n) is 11.6. The van der Waals surface area contributed by atoms with Crippen molar-refractivity contribution in [2.24, 2.45) is 13.0 Å². The first-order valence-corrected chi connectivity index (χ1v) is 21.9. The van der Waals surface area contributed by atoms with Crippen molar-refractivity contribution >= 4 is 46.9 Å². The van der Waals surface area contributed by atoms with E-state index < -0.39 is 72.1 Å². The van der Waals surface area contributed by atoms with Gasteiger partial charge in [0.1, 0.15) is 29.2 Å². The number of rotatable bonds is 20. The van der Waals surface area contributed by atoms with Crippen molar-refractivity contribution in [3.05, 3.63) is 99.7 Å². The molecule has 0 aliphatic carbocycles. The molecule has 1 aliphatic rings. The number of amides is 3. The van der Waals surface area contributed by atoms with Gasteiger partial charge in [-0.2, -0.15) is 13.2 Å². The second-order valence-electron chi connectivity index (χ2n) is 16.9. The topological polar surface area (TPSA) is 159 Å². The van der Waals surface area contributed by atoms with Gasteiger partial charge >= 0.3 is 12.1 Å². The molecule has 0 spiro atoms. The van der Waals surface area contributed by atoms with Crippen LogP contribution in [0.2, 0.25) is 10.0 Å². The lowest BCUT2D eigenvalue weighted by atomic mass is 9.80. The first-order chi connectivity index (χ1) is 31.1. The second kappa shape index (κ2) is 22.5. The molecule has 2 heterocycles. The molecule has 4 aromatic rings. The molecule has 1 saturated heterocycles. The van der Waals surface area contributed by atoms with E-state index in [2.05, 4.69) is 15.6 Å². The summed E-state index contributed by atoms with van der Waals surface area (Å²) in [6.07, 6.45) is -4.96. The Balaban J connectivity index is 1.31. The lowest BCUT2D eigenvalue weighted by molar-refractivity contribution is -0.166. The summed E-state index contributed by atoms with van der Waals surface area (Å²) in [6.45, 7) is 1.52. The molecular weight excluding hydrogens is 909 g/mol. The lowest BCUT2D eigenvalue weighted by Crippen LogP contribution is -2.65. The van der Waals surface area contributed by atoms with E-state index in [0.717, 1.165) is 23.1 Å². The fourth-order valence-corrected chi connectivity index (χ4v) is 8.40. The number of aromatic nitrogens is 2. The van der Waals surface area contributed by atoms with Crippen LogP contribution in [0.1, 0.15) is 49.6 Å². The van der Waals surface area contributed by atoms with Crippen LogP contribution in [0.4, 0.5) is 17.6 Å². The number of alkyl halides is 3. The Morgan fingerprint density at radius 3 is 2.32 bits per heavy atom. The molecule has 1 aromatic heterocycles. The average molecular weight is 965 g/mol. The van der Waals surface area contributed by atoms with Gasteiger partial charge in [0.05, 0.1) is 55.4 Å². The van der Waals surface area contributed by atoms with Crippen molar-refractivity contribution in [2.45, 2.75) is 75.9 Å². The molecule has 1 fully saturated rings. The van der Waals surface area contributed by atoms with Gasteiger partial charge in [-0.1, -0.05) is 35.3 Å². The number of carbonyl (C=O) groups is 4. The van der Waals surface area contributed by atoms with Crippen LogP contribution in [0.15, 0.2) is 66.9 Å². The number of likely N-dealkylation sites (tertiary alicyclic amines) is 1. The zero-order valence-electron chi connectivity index (χ0n) is 37.6. The highest BCUT2D eigenvalue weighted by Gasteiger charge is 2.46. The van der Waals surface area contributed by atoms with Crippen molar-refractivity contribution < 1.29 is 51.3 Å². The van der Waals surface area contributed by atoms with Crippen LogP contribution in [0.25, 0.3) is 11.3 Å². The smallest absolute Gasteiger partial charge is 0.389 e. The van der Waals surface area contributed by atoms with Gasteiger partial charge in [0.25, 0.3) is 0 Å². The number of carboxylic acid groups (broad SMARTS) is 1. The summed E-state index contributed by atoms with van der Waals surface area (Å²) in [5.74, 6) is -4.99. The van der Waals surface area contributed by atoms with E-state index >= 15 is 4.39 Å². The normalized spacial score (nSPS) is 16.7. The molecule has 3 amide bonds. The molecule has 14 nitrogen and oxygen atoms in total. The molecule has 3 aromatic carbocycles. The molecule has 1 aliphatic heterocycles. The molecule has 0 bridgehead atoms. The quantitative estimate of drug-likeness (QED) is 0.0781. The zero-order chi connectivity index (χ0) is 48.5. The number of hydrogen-bond donors (Lipinski definition) is 3. The van der Waals surface area contributed by atoms with Gasteiger partial charge in [0.2, 0.25) is 17.7 Å². The van der Waals surface area contributed by atoms with Crippen LogP contribution < -0.4 is 15.4 Å². The fraction of sp³-hybridized carbons (Fsp3) is 0.457. The van der Waals surface area contributed by atoms with Crippen LogP contribution in [0.5, 0.6) is 11.5 Å². The van der Waals surface area contributed by atoms with Crippen LogP contribution in [-0.2, 0) is 50.5 Å². The van der Waals surface area contributed by atoms with E-state index in [-0.39, 0.29) is 55.4 Å². The molecular formula is C46H55Cl2F4N7O7. The van der Waals surface area contributed by atoms with Gasteiger partial charge in [-0.25, -0.2) is 9.37 Å². The van der Waals surface area contributed by atoms with Gasteiger partial charge < -0.3 is 44.5 Å². The molecule has 3 N–H and O–H groups in total. The summed E-state index contributed by atoms with van der Waals surface area (Å²) in [7, 11) is 8.67. The van der Waals surface area contributed by atoms with Crippen molar-refractivity contribution in [1.29, 1.82) is 0 Å². The number of nitrogens with zero attached hydrogens (tertiary/aromatic N) is 5. The van der Waals surface area contributed by atoms with E-state index in [9.17, 15) is 37.5 Å². The fourth-order valence-electron chi connectivity index (χ4n) is 8.08. The highest BCUT2D eigenvalue weighted by atomic mass is 35.5. The number of ether oxygens (including phenoxy) is 2. The predicted molar refractivity (Wildman–Crippen MR) is 241 cm³/mol. The minimum absolute atomic E-state index is 0.0379. The highest BCUT2D eigenvalue weighted by Crippen LogP contribution is 2.36. The molecule has 358 valence electrons. The molecule has 1 unspecified atom stereocenters. The summed E-state index contributed by atoms with van der Waals surface area (Å²) in [5, 5.41) is 15.6. The largest absolute Gasteiger partial charge is 0.481 e. The van der Waals surface area contributed by atoms with Crippen LogP contribution in [0, 0.1) is 11.7 Å². The molecule has 0 saturated carbocycles. The number of nitrogens with one attached hydrogen (secondary N) is 2. The molecule has 4 atom stereocenters. The van der Waals surface area contributed by atoms with Gasteiger partial charge in [-0.15, -0.1) is 0 Å². The number of methoxy groups -OCH3 is 1. The Morgan fingerprint density at radius 1 is 1.02 bits per heavy atom. The summed E-state index contributed by atoms with van der Waals surface area (Å²) in [5.41, 5.74) is 1.34. The number of hydrogen-bond acceptors (Lipinski definition) is 9. The Bertz CT molecular complexity index is 2330. The molecule has 0 radical (unpaired) electrons. The summed E-state index contributed by atoms with van der Waals surface area (Å²) >= 11 is 12.4. The monoisotopic (exact) mass is 963 g/mol. The summed E-state index contributed by atoms with van der Waals surface area (Å²) in [4.78, 5) is 62.6. The molecule has 20 heteroatoms. The molecule has 66 heavy (non-hydrogen) atoms. The van der Waals surface area contributed by atoms with Gasteiger partial charge in [-0.05, 0) is 94.4 Å². The summed E-state index contributed by atoms with van der Waals surface area (Å²) in [6, 6.07) is 14.2. The predicted octanol–water partition coefficient (Wildman–Crippen LogP) is 7.10. The maximum Gasteiger partial charge on any atom is 0.389 e. The third kappa shape index (κ3) is 13.7. The standard InChI is InChI=1S/C46H55Cl2F4N7O7/c1-28(53-23-35-36(49)19-33(48)20-39(35)66-34-14-10-30(11-15-34)38-24-54-40(57(38)4)25-56(2)3)42(62)55-37(26-65-6)44(64)58(5)45(21-29-8-12-32(47)13-9-29)16-7-17-59(27-45)43(63)31(18-41(60)61)22-46(50,51)52/h8-15,19-20,24,28,31,37,53H,7,16-18,21-23,25-27H2,1-6H3,(H,55,62)(H,60,61)/t28-,31?,37-,45+/m0/s1. The number of carbonyl (C=O) groups excluding carboxylic acids is 3. The van der Waals surface area contributed by atoms with Crippen molar-refractivity contribution in [3.8, 4) is 22.8 Å². The lowest BCUT2D eigenvalue weighted by Gasteiger charge is -2.49. The first kappa shape index (κ1) is 51.7. The Kier molecular flexibility index (Phi) is 17.6. The minimum atomic E-state index is -4.80. The highest BCUT2D eigenvalue weighted by molar-refractivity contribution is 6.31. The van der Waals surface area contributed by atoms with E-state index in [1.165, 1.54) is 36.9 Å². The van der Waals surface area contributed by atoms with Crippen LogP contribution in [0.3, 0.4) is 0 Å². The number of halogens is 6. The number of likely N-dealkylation sites (N-methyl/N-ethyl adjacent to an activating group) is 1. The Morgan fingerprint density at radius 2 is 1.70 bits per heavy atom. The number of aliphatic carboxylic acids is 1. The van der Waals surface area contributed by atoms with Crippen LogP contribution >= 0.6 is 23.2 Å². The molecule has 5 rings (SSSR count).